The van der Waals surface area contributed by atoms with Gasteiger partial charge in [-0.1, -0.05) is 18.2 Å². The third-order valence-corrected chi connectivity index (χ3v) is 3.83. The van der Waals surface area contributed by atoms with Gasteiger partial charge in [0.15, 0.2) is 0 Å². The second-order valence-electron chi connectivity index (χ2n) is 5.76. The monoisotopic (exact) mass is 327 g/mol. The third-order valence-electron chi connectivity index (χ3n) is 3.83. The van der Waals surface area contributed by atoms with Crippen molar-refractivity contribution in [3.8, 4) is 0 Å². The van der Waals surface area contributed by atoms with Crippen molar-refractivity contribution >= 4 is 5.69 Å². The maximum atomic E-state index is 11.3. The van der Waals surface area contributed by atoms with Crippen LogP contribution in [0.1, 0.15) is 6.92 Å². The van der Waals surface area contributed by atoms with E-state index in [0.29, 0.717) is 19.6 Å². The molecule has 0 saturated carbocycles. The minimum absolute atomic E-state index is 0.316. The first-order valence-electron chi connectivity index (χ1n) is 7.86. The molecular weight excluding hydrogens is 306 g/mol. The summed E-state index contributed by atoms with van der Waals surface area (Å²) in [6.07, 6.45) is 6.13. The molecule has 0 aliphatic rings. The second-order valence-corrected chi connectivity index (χ2v) is 5.76. The highest BCUT2D eigenvalue weighted by atomic mass is 16.3. The summed E-state index contributed by atoms with van der Waals surface area (Å²) in [4.78, 5) is 10.0. The van der Waals surface area contributed by atoms with Crippen molar-refractivity contribution in [2.45, 2.75) is 25.6 Å². The number of rotatable bonds is 8. The summed E-state index contributed by atoms with van der Waals surface area (Å²) in [5.41, 5.74) is -0.0108. The summed E-state index contributed by atoms with van der Waals surface area (Å²) in [7, 11) is 0. The van der Waals surface area contributed by atoms with Crippen molar-refractivity contribution in [3.05, 3.63) is 55.6 Å². The Labute approximate surface area is 140 Å². The molecule has 3 rings (SSSR count). The molecule has 0 fully saturated rings. The first-order valence-corrected chi connectivity index (χ1v) is 7.86. The molecule has 8 nitrogen and oxygen atoms in total. The smallest absolute Gasteiger partial charge is 0.137 e. The van der Waals surface area contributed by atoms with Gasteiger partial charge in [-0.15, -0.1) is 0 Å². The molecule has 2 heterocycles. The minimum atomic E-state index is -1.08. The average Bonchev–Trinajstić information content (AvgIpc) is 3.27. The van der Waals surface area contributed by atoms with Crippen molar-refractivity contribution in [2.75, 3.05) is 18.0 Å². The van der Waals surface area contributed by atoms with Crippen LogP contribution in [0.2, 0.25) is 0 Å². The van der Waals surface area contributed by atoms with Gasteiger partial charge in [-0.3, -0.25) is 0 Å². The van der Waals surface area contributed by atoms with Gasteiger partial charge in [-0.2, -0.15) is 10.2 Å². The predicted molar refractivity (Wildman–Crippen MR) is 89.3 cm³/mol. The highest BCUT2D eigenvalue weighted by molar-refractivity contribution is 5.46. The van der Waals surface area contributed by atoms with Gasteiger partial charge in [-0.25, -0.2) is 19.3 Å². The van der Waals surface area contributed by atoms with Gasteiger partial charge in [0.05, 0.1) is 19.6 Å². The maximum absolute atomic E-state index is 11.3. The largest absolute Gasteiger partial charge is 0.384 e. The fraction of sp³-hybridized carbons (Fsp3) is 0.375. The van der Waals surface area contributed by atoms with Crippen LogP contribution in [0, 0.1) is 0 Å². The molecule has 0 unspecified atom stereocenters. The molecule has 3 aromatic rings. The van der Waals surface area contributed by atoms with Crippen LogP contribution in [0.25, 0.3) is 0 Å². The first-order chi connectivity index (χ1) is 11.7. The normalized spacial score (nSPS) is 11.6. The summed E-state index contributed by atoms with van der Waals surface area (Å²) < 4.78 is 3.27. The molecule has 24 heavy (non-hydrogen) atoms. The molecule has 0 aliphatic carbocycles. The molecule has 0 amide bonds. The minimum Gasteiger partial charge on any atom is -0.384 e. The molecule has 8 heteroatoms. The number of likely N-dealkylation sites (N-methyl/N-ethyl adjacent to an activating group) is 1. The number of anilines is 1. The lowest BCUT2D eigenvalue weighted by Crippen LogP contribution is -2.49. The number of aromatic nitrogens is 6. The Hall–Kier alpha value is -2.74. The third kappa shape index (κ3) is 3.96. The van der Waals surface area contributed by atoms with Crippen LogP contribution >= 0.6 is 0 Å². The van der Waals surface area contributed by atoms with Crippen LogP contribution in [0.3, 0.4) is 0 Å². The van der Waals surface area contributed by atoms with Gasteiger partial charge in [0.1, 0.15) is 30.9 Å². The van der Waals surface area contributed by atoms with E-state index in [-0.39, 0.29) is 0 Å². The second kappa shape index (κ2) is 7.22. The highest BCUT2D eigenvalue weighted by Crippen LogP contribution is 2.19. The SMILES string of the molecule is CCN(CC(O)(Cn1cncn1)Cn1cncn1)c1ccccc1. The molecule has 0 aliphatic heterocycles. The fourth-order valence-electron chi connectivity index (χ4n) is 2.76. The highest BCUT2D eigenvalue weighted by Gasteiger charge is 2.31. The Morgan fingerprint density at radius 2 is 1.58 bits per heavy atom. The number of aliphatic hydroxyl groups is 1. The number of para-hydroxylation sites is 1. The molecule has 1 N–H and O–H groups in total. The summed E-state index contributed by atoms with van der Waals surface area (Å²) in [5, 5.41) is 19.5. The molecule has 0 radical (unpaired) electrons. The molecular formula is C16H21N7O. The van der Waals surface area contributed by atoms with Crippen molar-refractivity contribution < 1.29 is 5.11 Å². The number of nitrogens with zero attached hydrogens (tertiary/aromatic N) is 7. The fourth-order valence-corrected chi connectivity index (χ4v) is 2.76. The van der Waals surface area contributed by atoms with Crippen molar-refractivity contribution in [2.24, 2.45) is 0 Å². The summed E-state index contributed by atoms with van der Waals surface area (Å²) in [6, 6.07) is 10.0. The van der Waals surface area contributed by atoms with Gasteiger partial charge in [0, 0.05) is 12.2 Å². The molecule has 0 saturated heterocycles. The van der Waals surface area contributed by atoms with Crippen LogP contribution in [-0.2, 0) is 13.1 Å². The summed E-state index contributed by atoms with van der Waals surface area (Å²) >= 11 is 0. The Bertz CT molecular complexity index is 676. The van der Waals surface area contributed by atoms with Crippen LogP contribution in [0.4, 0.5) is 5.69 Å². The Morgan fingerprint density at radius 1 is 1.00 bits per heavy atom. The van der Waals surface area contributed by atoms with E-state index in [1.54, 1.807) is 22.0 Å². The van der Waals surface area contributed by atoms with E-state index in [1.165, 1.54) is 12.7 Å². The van der Waals surface area contributed by atoms with E-state index in [2.05, 4.69) is 32.0 Å². The van der Waals surface area contributed by atoms with E-state index in [4.69, 9.17) is 0 Å². The van der Waals surface area contributed by atoms with E-state index >= 15 is 0 Å². The lowest BCUT2D eigenvalue weighted by Gasteiger charge is -2.34. The maximum Gasteiger partial charge on any atom is 0.137 e. The van der Waals surface area contributed by atoms with Crippen LogP contribution in [0.15, 0.2) is 55.6 Å². The van der Waals surface area contributed by atoms with Gasteiger partial charge in [0.2, 0.25) is 0 Å². The molecule has 1 aromatic carbocycles. The Morgan fingerprint density at radius 3 is 2.04 bits per heavy atom. The molecule has 0 atom stereocenters. The Kier molecular flexibility index (Phi) is 4.85. The topological polar surface area (TPSA) is 84.9 Å². The zero-order chi connectivity index (χ0) is 16.8. The Balaban J connectivity index is 1.82. The lowest BCUT2D eigenvalue weighted by molar-refractivity contribution is 0.00657. The van der Waals surface area contributed by atoms with Crippen molar-refractivity contribution in [1.82, 2.24) is 29.5 Å². The van der Waals surface area contributed by atoms with Gasteiger partial charge < -0.3 is 10.0 Å². The van der Waals surface area contributed by atoms with E-state index in [1.807, 2.05) is 30.3 Å². The molecule has 2 aromatic heterocycles. The van der Waals surface area contributed by atoms with E-state index in [0.717, 1.165) is 12.2 Å². The predicted octanol–water partition coefficient (Wildman–Crippen LogP) is 0.827. The molecule has 126 valence electrons. The quantitative estimate of drug-likeness (QED) is 0.659. The average molecular weight is 327 g/mol. The van der Waals surface area contributed by atoms with Crippen molar-refractivity contribution in [3.63, 3.8) is 0 Å². The summed E-state index contributed by atoms with van der Waals surface area (Å²) in [6.45, 7) is 3.92. The van der Waals surface area contributed by atoms with E-state index < -0.39 is 5.60 Å². The zero-order valence-electron chi connectivity index (χ0n) is 13.6. The van der Waals surface area contributed by atoms with Crippen molar-refractivity contribution in [1.29, 1.82) is 0 Å². The standard InChI is InChI=1S/C16H21N7O/c1-2-21(15-6-4-3-5-7-15)8-16(24,9-22-13-17-11-19-22)10-23-14-18-12-20-23/h3-7,11-14,24H,2,8-10H2,1H3. The zero-order valence-corrected chi connectivity index (χ0v) is 13.6. The van der Waals surface area contributed by atoms with Gasteiger partial charge in [-0.05, 0) is 19.1 Å². The first kappa shape index (κ1) is 16.1. The number of hydrogen-bond acceptors (Lipinski definition) is 6. The summed E-state index contributed by atoms with van der Waals surface area (Å²) in [5.74, 6) is 0. The van der Waals surface area contributed by atoms with Crippen LogP contribution in [0.5, 0.6) is 0 Å². The van der Waals surface area contributed by atoms with Gasteiger partial charge in [0.25, 0.3) is 0 Å². The number of benzene rings is 1. The van der Waals surface area contributed by atoms with Crippen LogP contribution < -0.4 is 4.90 Å². The molecule has 0 spiro atoms. The van der Waals surface area contributed by atoms with Gasteiger partial charge >= 0.3 is 0 Å². The lowest BCUT2D eigenvalue weighted by atomic mass is 10.0. The number of hydrogen-bond donors (Lipinski definition) is 1. The van der Waals surface area contributed by atoms with Crippen LogP contribution in [-0.4, -0.2) is 53.3 Å². The molecule has 0 bridgehead atoms. The van der Waals surface area contributed by atoms with E-state index in [9.17, 15) is 5.11 Å².